The van der Waals surface area contributed by atoms with Crippen LogP contribution in [0.4, 0.5) is 0 Å². The van der Waals surface area contributed by atoms with Crippen LogP contribution in [0.3, 0.4) is 0 Å². The molecule has 0 atom stereocenters. The molecule has 1 aromatic rings. The highest BCUT2D eigenvalue weighted by Crippen LogP contribution is 2.33. The zero-order valence-electron chi connectivity index (χ0n) is 11.3. The molecule has 0 spiro atoms. The molecular formula is C14H19NO4. The lowest BCUT2D eigenvalue weighted by atomic mass is 9.78. The van der Waals surface area contributed by atoms with E-state index >= 15 is 0 Å². The van der Waals surface area contributed by atoms with Crippen LogP contribution in [0.2, 0.25) is 0 Å². The lowest BCUT2D eigenvalue weighted by molar-refractivity contribution is -0.0246. The topological polar surface area (TPSA) is 68.5 Å². The van der Waals surface area contributed by atoms with Crippen LogP contribution in [0.1, 0.15) is 47.0 Å². The normalized spacial score (nSPS) is 22.0. The molecule has 1 aliphatic rings. The van der Waals surface area contributed by atoms with E-state index in [-0.39, 0.29) is 11.5 Å². The molecule has 0 saturated heterocycles. The molecule has 2 rings (SSSR count). The minimum atomic E-state index is -1.01. The van der Waals surface area contributed by atoms with Gasteiger partial charge in [0.1, 0.15) is 5.69 Å². The van der Waals surface area contributed by atoms with Crippen LogP contribution >= 0.6 is 0 Å². The van der Waals surface area contributed by atoms with E-state index in [2.05, 4.69) is 0 Å². The Morgan fingerprint density at radius 2 is 2.16 bits per heavy atom. The Kier molecular flexibility index (Phi) is 4.04. The van der Waals surface area contributed by atoms with Gasteiger partial charge in [0.25, 0.3) is 0 Å². The summed E-state index contributed by atoms with van der Waals surface area (Å²) in [5.41, 5.74) is 0.629. The van der Waals surface area contributed by atoms with E-state index < -0.39 is 5.97 Å². The highest BCUT2D eigenvalue weighted by molar-refractivity contribution is 5.98. The van der Waals surface area contributed by atoms with Gasteiger partial charge in [-0.2, -0.15) is 0 Å². The molecule has 19 heavy (non-hydrogen) atoms. The monoisotopic (exact) mass is 265 g/mol. The van der Waals surface area contributed by atoms with Crippen molar-refractivity contribution in [3.8, 4) is 0 Å². The fourth-order valence-electron chi connectivity index (χ4n) is 2.52. The lowest BCUT2D eigenvalue weighted by Gasteiger charge is -2.34. The summed E-state index contributed by atoms with van der Waals surface area (Å²) < 4.78 is 6.93. The molecular weight excluding hydrogens is 246 g/mol. The number of carbonyl (C=O) groups is 2. The molecule has 0 aliphatic heterocycles. The van der Waals surface area contributed by atoms with Crippen LogP contribution in [-0.4, -0.2) is 34.1 Å². The molecule has 5 heteroatoms. The fraction of sp³-hybridized carbons (Fsp3) is 0.571. The Morgan fingerprint density at radius 3 is 2.68 bits per heavy atom. The number of carboxylic acids is 1. The van der Waals surface area contributed by atoms with E-state index in [1.807, 2.05) is 6.92 Å². The molecule has 1 aromatic heterocycles. The lowest BCUT2D eigenvalue weighted by Crippen LogP contribution is -2.32. The summed E-state index contributed by atoms with van der Waals surface area (Å²) in [5, 5.41) is 8.95. The largest absolute Gasteiger partial charge is 0.477 e. The first-order valence-corrected chi connectivity index (χ1v) is 6.55. The number of rotatable bonds is 6. The molecule has 1 fully saturated rings. The molecule has 1 aliphatic carbocycles. The molecule has 1 saturated carbocycles. The summed E-state index contributed by atoms with van der Waals surface area (Å²) in [5.74, 6) is -0.623. The van der Waals surface area contributed by atoms with E-state index in [4.69, 9.17) is 9.84 Å². The maximum absolute atomic E-state index is 12.1. The Morgan fingerprint density at radius 1 is 1.47 bits per heavy atom. The van der Waals surface area contributed by atoms with Gasteiger partial charge in [-0.25, -0.2) is 4.79 Å². The van der Waals surface area contributed by atoms with Gasteiger partial charge < -0.3 is 14.4 Å². The minimum Gasteiger partial charge on any atom is -0.477 e. The van der Waals surface area contributed by atoms with Crippen LogP contribution in [0.5, 0.6) is 0 Å². The number of nitrogens with zero attached hydrogens (tertiary/aromatic N) is 1. The third kappa shape index (κ3) is 3.04. The zero-order chi connectivity index (χ0) is 14.0. The van der Waals surface area contributed by atoms with E-state index in [1.165, 1.54) is 10.6 Å². The third-order valence-electron chi connectivity index (χ3n) is 3.61. The van der Waals surface area contributed by atoms with Gasteiger partial charge in [-0.05, 0) is 31.7 Å². The standard InChI is InChI=1S/C14H19NO4/c1-3-19-11-4-9(5-11)6-13(16)10-7-12(14(17)18)15(2)8-10/h7-9,11H,3-6H2,1-2H3,(H,17,18). The van der Waals surface area contributed by atoms with Gasteiger partial charge in [-0.1, -0.05) is 0 Å². The summed E-state index contributed by atoms with van der Waals surface area (Å²) in [6.07, 6.45) is 4.22. The summed E-state index contributed by atoms with van der Waals surface area (Å²) in [4.78, 5) is 23.0. The number of hydrogen-bond donors (Lipinski definition) is 1. The average Bonchev–Trinajstić information content (AvgIpc) is 2.68. The molecule has 1 heterocycles. The van der Waals surface area contributed by atoms with Crippen LogP contribution in [0, 0.1) is 5.92 Å². The van der Waals surface area contributed by atoms with Crippen LogP contribution in [0.15, 0.2) is 12.3 Å². The molecule has 0 bridgehead atoms. The number of ether oxygens (including phenoxy) is 1. The second-order valence-electron chi connectivity index (χ2n) is 5.07. The van der Waals surface area contributed by atoms with E-state index in [0.29, 0.717) is 30.6 Å². The van der Waals surface area contributed by atoms with Crippen LogP contribution in [0.25, 0.3) is 0 Å². The molecule has 104 valence electrons. The number of carboxylic acid groups (broad SMARTS) is 1. The highest BCUT2D eigenvalue weighted by Gasteiger charge is 2.31. The van der Waals surface area contributed by atoms with Crippen molar-refractivity contribution in [2.45, 2.75) is 32.3 Å². The first-order valence-electron chi connectivity index (χ1n) is 6.55. The first kappa shape index (κ1) is 13.8. The quantitative estimate of drug-likeness (QED) is 0.800. The highest BCUT2D eigenvalue weighted by atomic mass is 16.5. The van der Waals surface area contributed by atoms with Crippen molar-refractivity contribution in [1.29, 1.82) is 0 Å². The fourth-order valence-corrected chi connectivity index (χ4v) is 2.52. The van der Waals surface area contributed by atoms with Gasteiger partial charge in [0.05, 0.1) is 6.10 Å². The van der Waals surface area contributed by atoms with Crippen molar-refractivity contribution in [3.63, 3.8) is 0 Å². The number of carbonyl (C=O) groups excluding carboxylic acids is 1. The molecule has 0 unspecified atom stereocenters. The Balaban J connectivity index is 1.91. The third-order valence-corrected chi connectivity index (χ3v) is 3.61. The number of hydrogen-bond acceptors (Lipinski definition) is 3. The Hall–Kier alpha value is -1.62. The molecule has 0 aromatic carbocycles. The van der Waals surface area contributed by atoms with Gasteiger partial charge in [-0.15, -0.1) is 0 Å². The Bertz CT molecular complexity index is 486. The molecule has 5 nitrogen and oxygen atoms in total. The predicted molar refractivity (Wildman–Crippen MR) is 69.5 cm³/mol. The van der Waals surface area contributed by atoms with Crippen molar-refractivity contribution >= 4 is 11.8 Å². The smallest absolute Gasteiger partial charge is 0.352 e. The SMILES string of the molecule is CCOC1CC(CC(=O)c2cc(C(=O)O)n(C)c2)C1. The number of ketones is 1. The summed E-state index contributed by atoms with van der Waals surface area (Å²) >= 11 is 0. The van der Waals surface area contributed by atoms with Crippen molar-refractivity contribution in [2.24, 2.45) is 13.0 Å². The van der Waals surface area contributed by atoms with E-state index in [0.717, 1.165) is 12.8 Å². The minimum absolute atomic E-state index is 0.0167. The van der Waals surface area contributed by atoms with Gasteiger partial charge in [0.2, 0.25) is 0 Å². The first-order chi connectivity index (χ1) is 9.01. The maximum atomic E-state index is 12.1. The second kappa shape index (κ2) is 5.57. The molecule has 0 amide bonds. The van der Waals surface area contributed by atoms with E-state index in [9.17, 15) is 9.59 Å². The number of Topliss-reactive ketones (excluding diaryl/α,β-unsaturated/α-hetero) is 1. The van der Waals surface area contributed by atoms with Gasteiger partial charge in [-0.3, -0.25) is 4.79 Å². The summed E-state index contributed by atoms with van der Waals surface area (Å²) in [6, 6.07) is 1.45. The molecule has 1 N–H and O–H groups in total. The predicted octanol–water partition coefficient (Wildman–Crippen LogP) is 2.11. The van der Waals surface area contributed by atoms with Gasteiger partial charge in [0, 0.05) is 31.8 Å². The van der Waals surface area contributed by atoms with Crippen LogP contribution in [-0.2, 0) is 11.8 Å². The Labute approximate surface area is 112 Å². The zero-order valence-corrected chi connectivity index (χ0v) is 11.3. The van der Waals surface area contributed by atoms with Crippen molar-refractivity contribution in [2.75, 3.05) is 6.61 Å². The van der Waals surface area contributed by atoms with Crippen molar-refractivity contribution < 1.29 is 19.4 Å². The maximum Gasteiger partial charge on any atom is 0.352 e. The summed E-state index contributed by atoms with van der Waals surface area (Å²) in [7, 11) is 1.63. The molecule has 0 radical (unpaired) electrons. The number of aryl methyl sites for hydroxylation is 1. The second-order valence-corrected chi connectivity index (χ2v) is 5.07. The number of aromatic carboxylic acids is 1. The van der Waals surface area contributed by atoms with E-state index in [1.54, 1.807) is 13.2 Å². The van der Waals surface area contributed by atoms with Gasteiger partial charge in [0.15, 0.2) is 5.78 Å². The van der Waals surface area contributed by atoms with Gasteiger partial charge >= 0.3 is 5.97 Å². The van der Waals surface area contributed by atoms with Crippen molar-refractivity contribution in [1.82, 2.24) is 4.57 Å². The summed E-state index contributed by atoms with van der Waals surface area (Å²) in [6.45, 7) is 2.68. The van der Waals surface area contributed by atoms with Crippen LogP contribution < -0.4 is 0 Å². The number of aromatic nitrogens is 1. The van der Waals surface area contributed by atoms with Crippen molar-refractivity contribution in [3.05, 3.63) is 23.5 Å². The average molecular weight is 265 g/mol.